The van der Waals surface area contributed by atoms with Crippen molar-refractivity contribution in [1.29, 1.82) is 0 Å². The molecular weight excluding hydrogens is 258 g/mol. The molecule has 0 fully saturated rings. The number of aromatic nitrogens is 2. The van der Waals surface area contributed by atoms with Crippen molar-refractivity contribution in [2.24, 2.45) is 5.73 Å². The Hall–Kier alpha value is -1.83. The number of hydrogen-bond donors (Lipinski definition) is 2. The molecule has 0 saturated heterocycles. The van der Waals surface area contributed by atoms with Gasteiger partial charge in [-0.3, -0.25) is 14.4 Å². The van der Waals surface area contributed by atoms with Gasteiger partial charge < -0.3 is 15.4 Å². The first kappa shape index (κ1) is 14.2. The third kappa shape index (κ3) is 3.10. The van der Waals surface area contributed by atoms with Gasteiger partial charge in [0.25, 0.3) is 5.56 Å². The van der Waals surface area contributed by atoms with E-state index in [2.05, 4.69) is 4.98 Å². The monoisotopic (exact) mass is 271 g/mol. The second kappa shape index (κ2) is 5.21. The van der Waals surface area contributed by atoms with Gasteiger partial charge >= 0.3 is 5.97 Å². The van der Waals surface area contributed by atoms with Crippen LogP contribution in [0.15, 0.2) is 22.2 Å². The van der Waals surface area contributed by atoms with E-state index in [4.69, 9.17) is 10.8 Å². The maximum Gasteiger partial charge on any atom is 0.313 e. The van der Waals surface area contributed by atoms with Gasteiger partial charge in [-0.2, -0.15) is 4.98 Å². The van der Waals surface area contributed by atoms with Gasteiger partial charge in [0, 0.05) is 12.3 Å². The number of carbonyl (C=O) groups is 2. The number of primary amides is 1. The third-order valence-corrected chi connectivity index (χ3v) is 3.25. The van der Waals surface area contributed by atoms with Crippen molar-refractivity contribution < 1.29 is 14.7 Å². The van der Waals surface area contributed by atoms with Gasteiger partial charge in [0.05, 0.1) is 5.75 Å². The molecule has 0 bridgehead atoms. The fourth-order valence-electron chi connectivity index (χ4n) is 1.16. The number of carboxylic acids is 1. The quantitative estimate of drug-likeness (QED) is 0.558. The summed E-state index contributed by atoms with van der Waals surface area (Å²) < 4.78 is 1.39. The average molecular weight is 271 g/mol. The smallest absolute Gasteiger partial charge is 0.313 e. The van der Waals surface area contributed by atoms with Crippen LogP contribution in [0, 0.1) is 0 Å². The summed E-state index contributed by atoms with van der Waals surface area (Å²) in [4.78, 5) is 36.8. The molecule has 7 nitrogen and oxygen atoms in total. The standard InChI is InChI=1S/C10H13N3O4S/c1-10(2,8(11)17)13-4-3-6(14)12-9(13)18-5-7(15)16/h3-4H,5H2,1-2H3,(H2,11,17)(H,15,16). The minimum Gasteiger partial charge on any atom is -0.481 e. The lowest BCUT2D eigenvalue weighted by molar-refractivity contribution is -0.133. The van der Waals surface area contributed by atoms with Crippen LogP contribution in [-0.4, -0.2) is 32.3 Å². The Balaban J connectivity index is 3.23. The zero-order valence-corrected chi connectivity index (χ0v) is 10.7. The van der Waals surface area contributed by atoms with Gasteiger partial charge in [0.1, 0.15) is 5.54 Å². The van der Waals surface area contributed by atoms with Crippen LogP contribution in [0.25, 0.3) is 0 Å². The molecule has 0 aromatic carbocycles. The van der Waals surface area contributed by atoms with Gasteiger partial charge in [-0.05, 0) is 13.8 Å². The first-order valence-electron chi connectivity index (χ1n) is 5.00. The van der Waals surface area contributed by atoms with Crippen LogP contribution in [0.3, 0.4) is 0 Å². The largest absolute Gasteiger partial charge is 0.481 e. The summed E-state index contributed by atoms with van der Waals surface area (Å²) >= 11 is 0.858. The molecule has 0 aliphatic heterocycles. The lowest BCUT2D eigenvalue weighted by Crippen LogP contribution is -2.42. The molecule has 1 heterocycles. The second-order valence-corrected chi connectivity index (χ2v) is 4.97. The van der Waals surface area contributed by atoms with Gasteiger partial charge in [-0.1, -0.05) is 11.8 Å². The molecule has 1 aromatic rings. The van der Waals surface area contributed by atoms with Crippen LogP contribution in [0.4, 0.5) is 0 Å². The average Bonchev–Trinajstić information content (AvgIpc) is 2.25. The van der Waals surface area contributed by atoms with Gasteiger partial charge in [0.15, 0.2) is 5.16 Å². The van der Waals surface area contributed by atoms with Crippen LogP contribution in [-0.2, 0) is 15.1 Å². The lowest BCUT2D eigenvalue weighted by atomic mass is 10.1. The number of aliphatic carboxylic acids is 1. The van der Waals surface area contributed by atoms with Gasteiger partial charge in [0.2, 0.25) is 5.91 Å². The summed E-state index contributed by atoms with van der Waals surface area (Å²) in [5.41, 5.74) is 3.68. The van der Waals surface area contributed by atoms with Crippen molar-refractivity contribution >= 4 is 23.6 Å². The third-order valence-electron chi connectivity index (χ3n) is 2.31. The fourth-order valence-corrected chi connectivity index (χ4v) is 1.99. The minimum absolute atomic E-state index is 0.147. The number of thioether (sulfide) groups is 1. The zero-order valence-electron chi connectivity index (χ0n) is 9.91. The molecule has 18 heavy (non-hydrogen) atoms. The molecule has 1 aromatic heterocycles. The van der Waals surface area contributed by atoms with Crippen molar-refractivity contribution in [3.63, 3.8) is 0 Å². The molecule has 0 aliphatic carbocycles. The fraction of sp³-hybridized carbons (Fsp3) is 0.400. The Morgan fingerprint density at radius 1 is 1.56 bits per heavy atom. The van der Waals surface area contributed by atoms with Crippen molar-refractivity contribution in [2.75, 3.05) is 5.75 Å². The number of nitrogens with two attached hydrogens (primary N) is 1. The topological polar surface area (TPSA) is 115 Å². The molecule has 1 amide bonds. The van der Waals surface area contributed by atoms with Crippen LogP contribution in [0.2, 0.25) is 0 Å². The number of hydrogen-bond acceptors (Lipinski definition) is 5. The van der Waals surface area contributed by atoms with E-state index in [1.807, 2.05) is 0 Å². The van der Waals surface area contributed by atoms with E-state index in [9.17, 15) is 14.4 Å². The van der Waals surface area contributed by atoms with E-state index in [0.717, 1.165) is 11.8 Å². The Kier molecular flexibility index (Phi) is 4.12. The van der Waals surface area contributed by atoms with Crippen molar-refractivity contribution in [3.8, 4) is 0 Å². The Morgan fingerprint density at radius 2 is 2.17 bits per heavy atom. The molecule has 3 N–H and O–H groups in total. The van der Waals surface area contributed by atoms with Crippen molar-refractivity contribution in [2.45, 2.75) is 24.5 Å². The summed E-state index contributed by atoms with van der Waals surface area (Å²) in [6.45, 7) is 3.12. The van der Waals surface area contributed by atoms with E-state index < -0.39 is 23.0 Å². The maximum absolute atomic E-state index is 11.4. The Morgan fingerprint density at radius 3 is 2.67 bits per heavy atom. The van der Waals surface area contributed by atoms with Crippen LogP contribution in [0.1, 0.15) is 13.8 Å². The van der Waals surface area contributed by atoms with Gasteiger partial charge in [-0.15, -0.1) is 0 Å². The molecular formula is C10H13N3O4S. The SMILES string of the molecule is CC(C)(C(N)=O)n1ccc(=O)nc1SCC(=O)O. The highest BCUT2D eigenvalue weighted by atomic mass is 32.2. The molecule has 0 spiro atoms. The Bertz CT molecular complexity index is 538. The summed E-state index contributed by atoms with van der Waals surface area (Å²) in [5, 5.41) is 8.77. The van der Waals surface area contributed by atoms with Gasteiger partial charge in [-0.25, -0.2) is 0 Å². The minimum atomic E-state index is -1.10. The summed E-state index contributed by atoms with van der Waals surface area (Å²) in [7, 11) is 0. The number of amides is 1. The van der Waals surface area contributed by atoms with Crippen LogP contribution in [0.5, 0.6) is 0 Å². The van der Waals surface area contributed by atoms with Crippen molar-refractivity contribution in [1.82, 2.24) is 9.55 Å². The van der Waals surface area contributed by atoms with E-state index in [1.165, 1.54) is 16.8 Å². The number of carboxylic acid groups (broad SMARTS) is 1. The lowest BCUT2D eigenvalue weighted by Gasteiger charge is -2.26. The molecule has 0 atom stereocenters. The predicted molar refractivity (Wildman–Crippen MR) is 65.4 cm³/mol. The number of rotatable bonds is 5. The normalized spacial score (nSPS) is 11.2. The highest BCUT2D eigenvalue weighted by molar-refractivity contribution is 7.99. The number of nitrogens with zero attached hydrogens (tertiary/aromatic N) is 2. The summed E-state index contributed by atoms with van der Waals surface area (Å²) in [6.07, 6.45) is 1.38. The molecule has 1 rings (SSSR count). The van der Waals surface area contributed by atoms with E-state index in [1.54, 1.807) is 13.8 Å². The molecule has 8 heteroatoms. The summed E-state index contributed by atoms with van der Waals surface area (Å²) in [5.74, 6) is -1.91. The maximum atomic E-state index is 11.4. The first-order chi connectivity index (χ1) is 8.25. The van der Waals surface area contributed by atoms with Crippen LogP contribution < -0.4 is 11.3 Å². The first-order valence-corrected chi connectivity index (χ1v) is 5.98. The molecule has 0 saturated carbocycles. The second-order valence-electron chi connectivity index (χ2n) is 4.02. The van der Waals surface area contributed by atoms with E-state index in [-0.39, 0.29) is 10.9 Å². The highest BCUT2D eigenvalue weighted by Gasteiger charge is 2.29. The highest BCUT2D eigenvalue weighted by Crippen LogP contribution is 2.22. The molecule has 0 radical (unpaired) electrons. The predicted octanol–water partition coefficient (Wildman–Crippen LogP) is -0.360. The Labute approximate surface area is 107 Å². The number of carbonyl (C=O) groups excluding carboxylic acids is 1. The summed E-state index contributed by atoms with van der Waals surface area (Å²) in [6, 6.07) is 1.19. The molecule has 0 aliphatic rings. The van der Waals surface area contributed by atoms with E-state index in [0.29, 0.717) is 0 Å². The molecule has 98 valence electrons. The van der Waals surface area contributed by atoms with E-state index >= 15 is 0 Å². The molecule has 0 unspecified atom stereocenters. The van der Waals surface area contributed by atoms with Crippen LogP contribution >= 0.6 is 11.8 Å². The van der Waals surface area contributed by atoms with Crippen molar-refractivity contribution in [3.05, 3.63) is 22.6 Å². The zero-order chi connectivity index (χ0) is 13.9.